The van der Waals surface area contributed by atoms with Crippen molar-refractivity contribution in [2.75, 3.05) is 33.4 Å². The van der Waals surface area contributed by atoms with Crippen LogP contribution in [0.2, 0.25) is 0 Å². The summed E-state index contributed by atoms with van der Waals surface area (Å²) in [4.78, 5) is 14.0. The summed E-state index contributed by atoms with van der Waals surface area (Å²) < 4.78 is 31.6. The van der Waals surface area contributed by atoms with E-state index in [1.54, 1.807) is 12.0 Å². The molecule has 0 spiro atoms. The standard InChI is InChI=1S/C16H21F2NO3/c1-22-6-4-16(11-20)3-2-5-19(10-16)15(21)12-7-13(17)9-14(18)8-12/h7-9,20H,2-6,10-11H2,1H3/t16-/m1/s1. The molecule has 0 saturated carbocycles. The van der Waals surface area contributed by atoms with Gasteiger partial charge >= 0.3 is 0 Å². The van der Waals surface area contributed by atoms with Crippen LogP contribution in [0.5, 0.6) is 0 Å². The number of hydrogen-bond donors (Lipinski definition) is 1. The minimum Gasteiger partial charge on any atom is -0.396 e. The second-order valence-electron chi connectivity index (χ2n) is 5.89. The maximum atomic E-state index is 13.3. The average Bonchev–Trinajstić information content (AvgIpc) is 2.51. The fourth-order valence-corrected chi connectivity index (χ4v) is 2.97. The number of aliphatic hydroxyl groups excluding tert-OH is 1. The molecule has 1 fully saturated rings. The molecule has 1 N–H and O–H groups in total. The molecule has 0 aromatic heterocycles. The number of carbonyl (C=O) groups excluding carboxylic acids is 1. The van der Waals surface area contributed by atoms with E-state index in [0.29, 0.717) is 26.1 Å². The van der Waals surface area contributed by atoms with Crippen molar-refractivity contribution in [3.8, 4) is 0 Å². The molecular formula is C16H21F2NO3. The summed E-state index contributed by atoms with van der Waals surface area (Å²) in [6.45, 7) is 1.34. The Morgan fingerprint density at radius 2 is 2.05 bits per heavy atom. The quantitative estimate of drug-likeness (QED) is 0.907. The van der Waals surface area contributed by atoms with Gasteiger partial charge in [-0.1, -0.05) is 0 Å². The van der Waals surface area contributed by atoms with Crippen LogP contribution in [0.25, 0.3) is 0 Å². The van der Waals surface area contributed by atoms with Crippen molar-refractivity contribution in [2.24, 2.45) is 5.41 Å². The van der Waals surface area contributed by atoms with Crippen molar-refractivity contribution < 1.29 is 23.4 Å². The van der Waals surface area contributed by atoms with Gasteiger partial charge in [-0.2, -0.15) is 0 Å². The fraction of sp³-hybridized carbons (Fsp3) is 0.562. The third-order valence-electron chi connectivity index (χ3n) is 4.23. The number of piperidine rings is 1. The van der Waals surface area contributed by atoms with E-state index >= 15 is 0 Å². The predicted octanol–water partition coefficient (Wildman–Crippen LogP) is 2.22. The van der Waals surface area contributed by atoms with Crippen LogP contribution >= 0.6 is 0 Å². The van der Waals surface area contributed by atoms with Gasteiger partial charge in [0.2, 0.25) is 0 Å². The highest BCUT2D eigenvalue weighted by Gasteiger charge is 2.36. The summed E-state index contributed by atoms with van der Waals surface area (Å²) in [7, 11) is 1.59. The average molecular weight is 313 g/mol. The molecule has 6 heteroatoms. The molecule has 22 heavy (non-hydrogen) atoms. The van der Waals surface area contributed by atoms with E-state index in [9.17, 15) is 18.7 Å². The molecule has 2 rings (SSSR count). The minimum absolute atomic E-state index is 0.00187. The molecule has 1 aliphatic heterocycles. The predicted molar refractivity (Wildman–Crippen MR) is 77.5 cm³/mol. The smallest absolute Gasteiger partial charge is 0.254 e. The third kappa shape index (κ3) is 3.81. The van der Waals surface area contributed by atoms with Gasteiger partial charge in [0.25, 0.3) is 5.91 Å². The van der Waals surface area contributed by atoms with Gasteiger partial charge in [-0.3, -0.25) is 4.79 Å². The lowest BCUT2D eigenvalue weighted by atomic mass is 9.78. The van der Waals surface area contributed by atoms with E-state index in [1.165, 1.54) is 0 Å². The number of likely N-dealkylation sites (tertiary alicyclic amines) is 1. The van der Waals surface area contributed by atoms with Gasteiger partial charge in [0, 0.05) is 43.9 Å². The lowest BCUT2D eigenvalue weighted by Gasteiger charge is -2.41. The Morgan fingerprint density at radius 3 is 2.64 bits per heavy atom. The van der Waals surface area contributed by atoms with Crippen LogP contribution in [0.1, 0.15) is 29.6 Å². The third-order valence-corrected chi connectivity index (χ3v) is 4.23. The largest absolute Gasteiger partial charge is 0.396 e. The van der Waals surface area contributed by atoms with Gasteiger partial charge < -0.3 is 14.7 Å². The second kappa shape index (κ2) is 7.15. The number of hydrogen-bond acceptors (Lipinski definition) is 3. The highest BCUT2D eigenvalue weighted by Crippen LogP contribution is 2.33. The SMILES string of the molecule is COCC[C@]1(CO)CCCN(C(=O)c2cc(F)cc(F)c2)C1. The van der Waals surface area contributed by atoms with Gasteiger partial charge in [-0.25, -0.2) is 8.78 Å². The van der Waals surface area contributed by atoms with E-state index in [2.05, 4.69) is 0 Å². The van der Waals surface area contributed by atoms with Crippen molar-refractivity contribution in [3.05, 3.63) is 35.4 Å². The molecular weight excluding hydrogens is 292 g/mol. The normalized spacial score (nSPS) is 21.9. The van der Waals surface area contributed by atoms with E-state index in [-0.39, 0.29) is 12.2 Å². The highest BCUT2D eigenvalue weighted by atomic mass is 19.1. The first kappa shape index (κ1) is 16.8. The van der Waals surface area contributed by atoms with Crippen molar-refractivity contribution in [1.29, 1.82) is 0 Å². The molecule has 1 aliphatic rings. The number of nitrogens with zero attached hydrogens (tertiary/aromatic N) is 1. The molecule has 122 valence electrons. The summed E-state index contributed by atoms with van der Waals surface area (Å²) in [5.74, 6) is -1.95. The van der Waals surface area contributed by atoms with Crippen LogP contribution in [0, 0.1) is 17.0 Å². The molecule has 1 atom stereocenters. The van der Waals surface area contributed by atoms with Crippen molar-refractivity contribution >= 4 is 5.91 Å². The number of ether oxygens (including phenoxy) is 1. The molecule has 0 radical (unpaired) electrons. The monoisotopic (exact) mass is 313 g/mol. The zero-order valence-corrected chi connectivity index (χ0v) is 12.6. The summed E-state index contributed by atoms with van der Waals surface area (Å²) in [6.07, 6.45) is 2.18. The zero-order valence-electron chi connectivity index (χ0n) is 12.6. The maximum Gasteiger partial charge on any atom is 0.254 e. The van der Waals surface area contributed by atoms with Crippen molar-refractivity contribution in [1.82, 2.24) is 4.90 Å². The Bertz CT molecular complexity index is 518. The van der Waals surface area contributed by atoms with E-state index < -0.39 is 23.0 Å². The van der Waals surface area contributed by atoms with Gasteiger partial charge in [0.05, 0.1) is 6.61 Å². The second-order valence-corrected chi connectivity index (χ2v) is 5.89. The Kier molecular flexibility index (Phi) is 5.47. The van der Waals surface area contributed by atoms with Crippen LogP contribution in [-0.4, -0.2) is 49.3 Å². The van der Waals surface area contributed by atoms with E-state index in [0.717, 1.165) is 31.0 Å². The van der Waals surface area contributed by atoms with Crippen molar-refractivity contribution in [2.45, 2.75) is 19.3 Å². The molecule has 1 aromatic rings. The number of methoxy groups -OCH3 is 1. The molecule has 0 aliphatic carbocycles. The Hall–Kier alpha value is -1.53. The lowest BCUT2D eigenvalue weighted by Crippen LogP contribution is -2.48. The first-order valence-electron chi connectivity index (χ1n) is 7.35. The number of benzene rings is 1. The Labute approximate surface area is 128 Å². The zero-order chi connectivity index (χ0) is 16.2. The molecule has 1 aromatic carbocycles. The van der Waals surface area contributed by atoms with Gasteiger partial charge in [-0.15, -0.1) is 0 Å². The summed E-state index contributed by atoms with van der Waals surface area (Å²) in [6, 6.07) is 2.81. The maximum absolute atomic E-state index is 13.3. The van der Waals surface area contributed by atoms with E-state index in [1.807, 2.05) is 0 Å². The number of amides is 1. The number of carbonyl (C=O) groups is 1. The van der Waals surface area contributed by atoms with Gasteiger partial charge in [-0.05, 0) is 31.4 Å². The van der Waals surface area contributed by atoms with Gasteiger partial charge in [0.1, 0.15) is 11.6 Å². The molecule has 0 unspecified atom stereocenters. The molecule has 0 bridgehead atoms. The highest BCUT2D eigenvalue weighted by molar-refractivity contribution is 5.94. The van der Waals surface area contributed by atoms with Crippen LogP contribution in [0.15, 0.2) is 18.2 Å². The lowest BCUT2D eigenvalue weighted by molar-refractivity contribution is 0.00895. The summed E-state index contributed by atoms with van der Waals surface area (Å²) >= 11 is 0. The van der Waals surface area contributed by atoms with Crippen LogP contribution in [0.4, 0.5) is 8.78 Å². The number of halogens is 2. The Balaban J connectivity index is 2.15. The summed E-state index contributed by atoms with van der Waals surface area (Å²) in [5.41, 5.74) is -0.409. The Morgan fingerprint density at radius 1 is 1.36 bits per heavy atom. The first-order valence-corrected chi connectivity index (χ1v) is 7.35. The van der Waals surface area contributed by atoms with Crippen LogP contribution in [0.3, 0.4) is 0 Å². The molecule has 1 saturated heterocycles. The fourth-order valence-electron chi connectivity index (χ4n) is 2.97. The molecule has 4 nitrogen and oxygen atoms in total. The van der Waals surface area contributed by atoms with Gasteiger partial charge in [0.15, 0.2) is 0 Å². The molecule has 1 amide bonds. The number of aliphatic hydroxyl groups is 1. The molecule has 1 heterocycles. The summed E-state index contributed by atoms with van der Waals surface area (Å²) in [5, 5.41) is 9.71. The minimum atomic E-state index is -0.770. The van der Waals surface area contributed by atoms with Crippen LogP contribution in [-0.2, 0) is 4.74 Å². The first-order chi connectivity index (χ1) is 10.5. The van der Waals surface area contributed by atoms with Crippen molar-refractivity contribution in [3.63, 3.8) is 0 Å². The topological polar surface area (TPSA) is 49.8 Å². The van der Waals surface area contributed by atoms with E-state index in [4.69, 9.17) is 4.74 Å². The number of rotatable bonds is 5. The van der Waals surface area contributed by atoms with Crippen LogP contribution < -0.4 is 0 Å².